The molecule has 1 unspecified atom stereocenters. The zero-order chi connectivity index (χ0) is 11.3. The molecule has 3 nitrogen and oxygen atoms in total. The highest BCUT2D eigenvalue weighted by Crippen LogP contribution is 2.04. The lowest BCUT2D eigenvalue weighted by Crippen LogP contribution is -2.20. The van der Waals surface area contributed by atoms with Crippen LogP contribution in [-0.2, 0) is 6.54 Å². The largest absolute Gasteiger partial charge is 0.311 e. The molecular weight excluding hydrogens is 186 g/mol. The summed E-state index contributed by atoms with van der Waals surface area (Å²) in [4.78, 5) is 0. The third-order valence-electron chi connectivity index (χ3n) is 2.69. The maximum Gasteiger partial charge on any atom is 0.0762 e. The third-order valence-corrected chi connectivity index (χ3v) is 2.69. The summed E-state index contributed by atoms with van der Waals surface area (Å²) in [5.74, 6) is 0.747. The number of rotatable bonds is 6. The van der Waals surface area contributed by atoms with Crippen molar-refractivity contribution in [3.8, 4) is 0 Å². The molecule has 0 aliphatic rings. The Bertz CT molecular complexity index is 278. The van der Waals surface area contributed by atoms with Gasteiger partial charge in [0, 0.05) is 18.8 Å². The molecule has 0 spiro atoms. The molecule has 0 amide bonds. The maximum absolute atomic E-state index is 4.49. The van der Waals surface area contributed by atoms with Gasteiger partial charge in [0.05, 0.1) is 5.69 Å². The molecule has 1 rings (SSSR count). The molecular formula is C12H23N3. The maximum atomic E-state index is 4.49. The van der Waals surface area contributed by atoms with Crippen molar-refractivity contribution in [1.82, 2.24) is 15.1 Å². The van der Waals surface area contributed by atoms with Crippen LogP contribution in [0.3, 0.4) is 0 Å². The van der Waals surface area contributed by atoms with Crippen LogP contribution in [-0.4, -0.2) is 16.3 Å². The van der Waals surface area contributed by atoms with Gasteiger partial charge in [-0.1, -0.05) is 20.3 Å². The standard InChI is InChI=1S/C12H23N3/c1-5-11(4)8-13-9-12-6-7-15(14-12)10(2)3/h6-7,10-11,13H,5,8-9H2,1-4H3. The fourth-order valence-electron chi connectivity index (χ4n) is 1.35. The van der Waals surface area contributed by atoms with E-state index in [0.717, 1.165) is 24.7 Å². The Kier molecular flexibility index (Phi) is 4.82. The van der Waals surface area contributed by atoms with Gasteiger partial charge >= 0.3 is 0 Å². The van der Waals surface area contributed by atoms with Crippen LogP contribution in [0, 0.1) is 5.92 Å². The highest BCUT2D eigenvalue weighted by molar-refractivity contribution is 4.98. The molecule has 15 heavy (non-hydrogen) atoms. The van der Waals surface area contributed by atoms with Crippen LogP contribution in [0.4, 0.5) is 0 Å². The molecule has 0 aromatic carbocycles. The number of hydrogen-bond donors (Lipinski definition) is 1. The lowest BCUT2D eigenvalue weighted by atomic mass is 10.1. The predicted octanol–water partition coefficient (Wildman–Crippen LogP) is 2.60. The van der Waals surface area contributed by atoms with Crippen molar-refractivity contribution in [3.05, 3.63) is 18.0 Å². The summed E-state index contributed by atoms with van der Waals surface area (Å²) >= 11 is 0. The Morgan fingerprint density at radius 3 is 2.67 bits per heavy atom. The van der Waals surface area contributed by atoms with Crippen LogP contribution in [0.2, 0.25) is 0 Å². The molecule has 1 aromatic heterocycles. The van der Waals surface area contributed by atoms with Crippen LogP contribution in [0.1, 0.15) is 45.9 Å². The molecule has 0 bridgehead atoms. The number of nitrogens with one attached hydrogen (secondary N) is 1. The number of hydrogen-bond acceptors (Lipinski definition) is 2. The van der Waals surface area contributed by atoms with E-state index >= 15 is 0 Å². The summed E-state index contributed by atoms with van der Waals surface area (Å²) in [6.45, 7) is 10.7. The first-order chi connectivity index (χ1) is 7.13. The van der Waals surface area contributed by atoms with Crippen LogP contribution in [0.15, 0.2) is 12.3 Å². The SMILES string of the molecule is CCC(C)CNCc1ccn(C(C)C)n1. The minimum Gasteiger partial charge on any atom is -0.311 e. The quantitative estimate of drug-likeness (QED) is 0.780. The van der Waals surface area contributed by atoms with Gasteiger partial charge in [0.1, 0.15) is 0 Å². The molecule has 0 saturated heterocycles. The minimum absolute atomic E-state index is 0.452. The van der Waals surface area contributed by atoms with Crippen molar-refractivity contribution in [3.63, 3.8) is 0 Å². The average Bonchev–Trinajstić information content (AvgIpc) is 2.66. The number of nitrogens with zero attached hydrogens (tertiary/aromatic N) is 2. The molecule has 0 fully saturated rings. The predicted molar refractivity (Wildman–Crippen MR) is 63.8 cm³/mol. The molecule has 1 atom stereocenters. The fourth-order valence-corrected chi connectivity index (χ4v) is 1.35. The third kappa shape index (κ3) is 4.04. The van der Waals surface area contributed by atoms with Gasteiger partial charge in [0.2, 0.25) is 0 Å². The van der Waals surface area contributed by atoms with Crippen LogP contribution >= 0.6 is 0 Å². The highest BCUT2D eigenvalue weighted by atomic mass is 15.3. The second-order valence-corrected chi connectivity index (χ2v) is 4.53. The summed E-state index contributed by atoms with van der Waals surface area (Å²) in [6.07, 6.45) is 3.28. The van der Waals surface area contributed by atoms with Gasteiger partial charge in [-0.05, 0) is 32.4 Å². The van der Waals surface area contributed by atoms with E-state index in [-0.39, 0.29) is 0 Å². The van der Waals surface area contributed by atoms with Crippen molar-refractivity contribution in [2.75, 3.05) is 6.54 Å². The summed E-state index contributed by atoms with van der Waals surface area (Å²) in [5, 5.41) is 7.92. The van der Waals surface area contributed by atoms with Crippen molar-refractivity contribution in [2.24, 2.45) is 5.92 Å². The first-order valence-electron chi connectivity index (χ1n) is 5.88. The molecule has 0 aliphatic heterocycles. The molecule has 1 N–H and O–H groups in total. The van der Waals surface area contributed by atoms with E-state index in [4.69, 9.17) is 0 Å². The molecule has 0 radical (unpaired) electrons. The lowest BCUT2D eigenvalue weighted by molar-refractivity contribution is 0.487. The van der Waals surface area contributed by atoms with Crippen molar-refractivity contribution in [1.29, 1.82) is 0 Å². The average molecular weight is 209 g/mol. The second-order valence-electron chi connectivity index (χ2n) is 4.53. The molecule has 1 aromatic rings. The van der Waals surface area contributed by atoms with Gasteiger partial charge in [-0.25, -0.2) is 0 Å². The Hall–Kier alpha value is -0.830. The molecule has 0 saturated carbocycles. The molecule has 0 aliphatic carbocycles. The van der Waals surface area contributed by atoms with E-state index in [1.54, 1.807) is 0 Å². The van der Waals surface area contributed by atoms with Gasteiger partial charge in [-0.3, -0.25) is 4.68 Å². The van der Waals surface area contributed by atoms with E-state index in [9.17, 15) is 0 Å². The van der Waals surface area contributed by atoms with E-state index in [1.807, 2.05) is 10.9 Å². The Morgan fingerprint density at radius 1 is 1.40 bits per heavy atom. The van der Waals surface area contributed by atoms with E-state index in [0.29, 0.717) is 6.04 Å². The Morgan fingerprint density at radius 2 is 2.13 bits per heavy atom. The van der Waals surface area contributed by atoms with Crippen LogP contribution in [0.5, 0.6) is 0 Å². The molecule has 1 heterocycles. The van der Waals surface area contributed by atoms with Gasteiger partial charge in [0.25, 0.3) is 0 Å². The monoisotopic (exact) mass is 209 g/mol. The normalized spacial score (nSPS) is 13.4. The van der Waals surface area contributed by atoms with Crippen molar-refractivity contribution >= 4 is 0 Å². The summed E-state index contributed by atoms with van der Waals surface area (Å²) in [6, 6.07) is 2.54. The zero-order valence-corrected chi connectivity index (χ0v) is 10.3. The lowest BCUT2D eigenvalue weighted by Gasteiger charge is -2.08. The Balaban J connectivity index is 2.31. The highest BCUT2D eigenvalue weighted by Gasteiger charge is 2.02. The Labute approximate surface area is 92.9 Å². The first-order valence-corrected chi connectivity index (χ1v) is 5.88. The van der Waals surface area contributed by atoms with Gasteiger partial charge in [0.15, 0.2) is 0 Å². The summed E-state index contributed by atoms with van der Waals surface area (Å²) in [5.41, 5.74) is 1.13. The molecule has 86 valence electrons. The van der Waals surface area contributed by atoms with Crippen molar-refractivity contribution < 1.29 is 0 Å². The van der Waals surface area contributed by atoms with Gasteiger partial charge < -0.3 is 5.32 Å². The summed E-state index contributed by atoms with van der Waals surface area (Å²) < 4.78 is 2.00. The number of aromatic nitrogens is 2. The van der Waals surface area contributed by atoms with Crippen LogP contribution < -0.4 is 5.32 Å². The van der Waals surface area contributed by atoms with Crippen LogP contribution in [0.25, 0.3) is 0 Å². The second kappa shape index (κ2) is 5.91. The zero-order valence-electron chi connectivity index (χ0n) is 10.3. The van der Waals surface area contributed by atoms with E-state index < -0.39 is 0 Å². The van der Waals surface area contributed by atoms with E-state index in [1.165, 1.54) is 6.42 Å². The van der Waals surface area contributed by atoms with Gasteiger partial charge in [-0.2, -0.15) is 5.10 Å². The first kappa shape index (κ1) is 12.2. The van der Waals surface area contributed by atoms with Gasteiger partial charge in [-0.15, -0.1) is 0 Å². The fraction of sp³-hybridized carbons (Fsp3) is 0.750. The smallest absolute Gasteiger partial charge is 0.0762 e. The minimum atomic E-state index is 0.452. The molecule has 3 heteroatoms. The topological polar surface area (TPSA) is 29.9 Å². The van der Waals surface area contributed by atoms with Crippen molar-refractivity contribution in [2.45, 2.75) is 46.7 Å². The van der Waals surface area contributed by atoms with E-state index in [2.05, 4.69) is 44.2 Å². The summed E-state index contributed by atoms with van der Waals surface area (Å²) in [7, 11) is 0.